The van der Waals surface area contributed by atoms with E-state index in [1.54, 1.807) is 31.7 Å². The number of rotatable bonds is 8. The van der Waals surface area contributed by atoms with Crippen LogP contribution in [0.3, 0.4) is 0 Å². The van der Waals surface area contributed by atoms with Gasteiger partial charge in [-0.2, -0.15) is 0 Å². The number of ether oxygens (including phenoxy) is 1. The highest BCUT2D eigenvalue weighted by Crippen LogP contribution is 2.31. The maximum absolute atomic E-state index is 12.7. The number of ketones is 1. The van der Waals surface area contributed by atoms with E-state index in [1.165, 1.54) is 16.2 Å². The summed E-state index contributed by atoms with van der Waals surface area (Å²) in [7, 11) is 0. The minimum absolute atomic E-state index is 0.0225. The summed E-state index contributed by atoms with van der Waals surface area (Å²) in [5.74, 6) is -0.232. The average molecular weight is 455 g/mol. The van der Waals surface area contributed by atoms with Gasteiger partial charge in [0.05, 0.1) is 10.3 Å². The molecule has 0 radical (unpaired) electrons. The lowest BCUT2D eigenvalue weighted by atomic mass is 9.95. The highest BCUT2D eigenvalue weighted by molar-refractivity contribution is 7.98. The summed E-state index contributed by atoms with van der Waals surface area (Å²) in [6.45, 7) is 7.20. The number of carboxylic acid groups (broad SMARTS) is 1. The molecule has 0 bridgehead atoms. The van der Waals surface area contributed by atoms with E-state index in [4.69, 9.17) is 4.74 Å². The van der Waals surface area contributed by atoms with E-state index in [0.717, 1.165) is 26.8 Å². The van der Waals surface area contributed by atoms with Crippen LogP contribution >= 0.6 is 23.1 Å². The lowest BCUT2D eigenvalue weighted by molar-refractivity contribution is -0.148. The van der Waals surface area contributed by atoms with E-state index in [2.05, 4.69) is 18.2 Å². The Morgan fingerprint density at radius 3 is 2.42 bits per heavy atom. The molecular weight excluding hydrogens is 428 g/mol. The quantitative estimate of drug-likeness (QED) is 0.235. The van der Waals surface area contributed by atoms with Crippen molar-refractivity contribution in [3.63, 3.8) is 0 Å². The van der Waals surface area contributed by atoms with E-state index >= 15 is 0 Å². The molecule has 0 amide bonds. The molecule has 162 valence electrons. The van der Waals surface area contributed by atoms with Crippen molar-refractivity contribution in [2.24, 2.45) is 5.41 Å². The molecule has 1 heterocycles. The van der Waals surface area contributed by atoms with Gasteiger partial charge < -0.3 is 9.84 Å². The summed E-state index contributed by atoms with van der Waals surface area (Å²) < 4.78 is 6.94. The van der Waals surface area contributed by atoms with Gasteiger partial charge in [-0.15, -0.1) is 23.1 Å². The largest absolute Gasteiger partial charge is 0.492 e. The minimum Gasteiger partial charge on any atom is -0.492 e. The molecule has 0 aliphatic carbocycles. The van der Waals surface area contributed by atoms with Gasteiger partial charge in [0, 0.05) is 9.60 Å². The van der Waals surface area contributed by atoms with Crippen molar-refractivity contribution in [3.8, 4) is 5.75 Å². The average Bonchev–Trinajstić information content (AvgIpc) is 3.14. The number of fused-ring (bicyclic) bond motifs is 1. The third kappa shape index (κ3) is 5.38. The Bertz CT molecular complexity index is 1150. The molecule has 2 aromatic carbocycles. The molecule has 0 fully saturated rings. The van der Waals surface area contributed by atoms with Crippen LogP contribution in [0.4, 0.5) is 0 Å². The van der Waals surface area contributed by atoms with Crippen molar-refractivity contribution >= 4 is 51.0 Å². The Labute approximate surface area is 190 Å². The van der Waals surface area contributed by atoms with Gasteiger partial charge >= 0.3 is 5.97 Å². The Morgan fingerprint density at radius 1 is 1.13 bits per heavy atom. The number of thiophene rings is 1. The molecule has 0 spiro atoms. The number of thioether (sulfide) groups is 1. The normalized spacial score (nSPS) is 11.9. The van der Waals surface area contributed by atoms with Gasteiger partial charge in [-0.25, -0.2) is 0 Å². The van der Waals surface area contributed by atoms with Crippen molar-refractivity contribution in [1.29, 1.82) is 0 Å². The second kappa shape index (κ2) is 9.28. The summed E-state index contributed by atoms with van der Waals surface area (Å²) in [4.78, 5) is 25.9. The molecular formula is C25H26O4S2. The standard InChI is InChI=1S/C25H26O4S2/c1-15-10-17(11-16(2)23(15)29-14-25(3,4)24(27)28)6-9-20(26)22-12-18-7-8-19(30-5)13-21(18)31-22/h6-13H,14H2,1-5H3,(H,27,28)/b9-6+. The Morgan fingerprint density at radius 2 is 1.81 bits per heavy atom. The van der Waals surface area contributed by atoms with Gasteiger partial charge in [0.15, 0.2) is 5.78 Å². The van der Waals surface area contributed by atoms with Gasteiger partial charge in [0.2, 0.25) is 0 Å². The third-order valence-corrected chi connectivity index (χ3v) is 6.87. The summed E-state index contributed by atoms with van der Waals surface area (Å²) in [5.41, 5.74) is 1.74. The van der Waals surface area contributed by atoms with Crippen LogP contribution in [-0.2, 0) is 4.79 Å². The molecule has 31 heavy (non-hydrogen) atoms. The second-order valence-electron chi connectivity index (χ2n) is 8.17. The predicted octanol–water partition coefficient (Wildman–Crippen LogP) is 6.63. The Balaban J connectivity index is 1.76. The zero-order chi connectivity index (χ0) is 22.8. The summed E-state index contributed by atoms with van der Waals surface area (Å²) in [5, 5.41) is 10.3. The molecule has 3 aromatic rings. The van der Waals surface area contributed by atoms with Crippen LogP contribution < -0.4 is 4.74 Å². The van der Waals surface area contributed by atoms with Crippen LogP contribution in [0.5, 0.6) is 5.75 Å². The first-order valence-corrected chi connectivity index (χ1v) is 11.9. The first-order chi connectivity index (χ1) is 14.6. The van der Waals surface area contributed by atoms with E-state index in [0.29, 0.717) is 10.6 Å². The molecule has 1 N–H and O–H groups in total. The SMILES string of the molecule is CSc1ccc2cc(C(=O)/C=C/c3cc(C)c(OCC(C)(C)C(=O)O)c(C)c3)sc2c1. The smallest absolute Gasteiger partial charge is 0.312 e. The summed E-state index contributed by atoms with van der Waals surface area (Å²) in [6.07, 6.45) is 5.45. The van der Waals surface area contributed by atoms with E-state index in [-0.39, 0.29) is 12.4 Å². The lowest BCUT2D eigenvalue weighted by Gasteiger charge is -2.21. The fraction of sp³-hybridized carbons (Fsp3) is 0.280. The number of carboxylic acids is 1. The number of hydrogen-bond donors (Lipinski definition) is 1. The number of aryl methyl sites for hydroxylation is 2. The molecule has 6 heteroatoms. The number of carbonyl (C=O) groups excluding carboxylic acids is 1. The summed E-state index contributed by atoms with van der Waals surface area (Å²) >= 11 is 3.19. The predicted molar refractivity (Wildman–Crippen MR) is 130 cm³/mol. The molecule has 0 aliphatic heterocycles. The van der Waals surface area contributed by atoms with Crippen molar-refractivity contribution in [2.75, 3.05) is 12.9 Å². The van der Waals surface area contributed by atoms with Crippen LogP contribution in [0.15, 0.2) is 47.4 Å². The highest BCUT2D eigenvalue weighted by Gasteiger charge is 2.28. The molecule has 0 unspecified atom stereocenters. The van der Waals surface area contributed by atoms with E-state index < -0.39 is 11.4 Å². The van der Waals surface area contributed by atoms with E-state index in [9.17, 15) is 14.7 Å². The van der Waals surface area contributed by atoms with Gasteiger partial charge in [-0.3, -0.25) is 9.59 Å². The number of benzene rings is 2. The Kier molecular flexibility index (Phi) is 6.92. The zero-order valence-electron chi connectivity index (χ0n) is 18.3. The fourth-order valence-electron chi connectivity index (χ4n) is 3.14. The molecule has 0 saturated heterocycles. The van der Waals surface area contributed by atoms with Crippen molar-refractivity contribution < 1.29 is 19.4 Å². The van der Waals surface area contributed by atoms with Crippen LogP contribution in [0.25, 0.3) is 16.2 Å². The van der Waals surface area contributed by atoms with Crippen LogP contribution in [0.2, 0.25) is 0 Å². The van der Waals surface area contributed by atoms with Crippen molar-refractivity contribution in [1.82, 2.24) is 0 Å². The molecule has 3 rings (SSSR count). The van der Waals surface area contributed by atoms with Crippen molar-refractivity contribution in [2.45, 2.75) is 32.6 Å². The molecule has 0 saturated carbocycles. The van der Waals surface area contributed by atoms with Gasteiger partial charge in [-0.05, 0) is 92.4 Å². The van der Waals surface area contributed by atoms with Gasteiger partial charge in [-0.1, -0.05) is 12.1 Å². The molecule has 0 aliphatic rings. The zero-order valence-corrected chi connectivity index (χ0v) is 19.9. The molecule has 0 atom stereocenters. The van der Waals surface area contributed by atoms with Crippen LogP contribution in [0.1, 0.15) is 40.2 Å². The lowest BCUT2D eigenvalue weighted by Crippen LogP contribution is -2.31. The first-order valence-electron chi connectivity index (χ1n) is 9.88. The Hall–Kier alpha value is -2.57. The topological polar surface area (TPSA) is 63.6 Å². The van der Waals surface area contributed by atoms with Crippen LogP contribution in [0, 0.1) is 19.3 Å². The highest BCUT2D eigenvalue weighted by atomic mass is 32.2. The number of allylic oxidation sites excluding steroid dienone is 1. The maximum Gasteiger partial charge on any atom is 0.312 e. The first kappa shape index (κ1) is 23.1. The second-order valence-corrected chi connectivity index (χ2v) is 10.1. The summed E-state index contributed by atoms with van der Waals surface area (Å²) in [6, 6.07) is 12.0. The minimum atomic E-state index is -0.968. The molecule has 1 aromatic heterocycles. The fourth-order valence-corrected chi connectivity index (χ4v) is 4.67. The maximum atomic E-state index is 12.7. The molecule has 4 nitrogen and oxygen atoms in total. The number of hydrogen-bond acceptors (Lipinski definition) is 5. The third-order valence-electron chi connectivity index (χ3n) is 5.04. The van der Waals surface area contributed by atoms with E-state index in [1.807, 2.05) is 44.4 Å². The van der Waals surface area contributed by atoms with Crippen molar-refractivity contribution in [3.05, 3.63) is 64.0 Å². The number of aliphatic carboxylic acids is 1. The monoisotopic (exact) mass is 454 g/mol. The van der Waals surface area contributed by atoms with Gasteiger partial charge in [0.1, 0.15) is 12.4 Å². The van der Waals surface area contributed by atoms with Gasteiger partial charge in [0.25, 0.3) is 0 Å². The number of carbonyl (C=O) groups is 2. The van der Waals surface area contributed by atoms with Crippen LogP contribution in [-0.4, -0.2) is 29.7 Å².